The number of hydrogen-bond donors (Lipinski definition) is 1. The predicted molar refractivity (Wildman–Crippen MR) is 76.0 cm³/mol. The highest BCUT2D eigenvalue weighted by Gasteiger charge is 2.13. The molecule has 5 heteroatoms. The van der Waals surface area contributed by atoms with E-state index in [1.165, 1.54) is 5.56 Å². The van der Waals surface area contributed by atoms with Crippen LogP contribution in [0.3, 0.4) is 0 Å². The number of nitrogens with zero attached hydrogens (tertiary/aromatic N) is 3. The van der Waals surface area contributed by atoms with Gasteiger partial charge in [-0.3, -0.25) is 0 Å². The van der Waals surface area contributed by atoms with Crippen LogP contribution in [0.25, 0.3) is 5.82 Å². The summed E-state index contributed by atoms with van der Waals surface area (Å²) in [4.78, 5) is 4.52. The fourth-order valence-electron chi connectivity index (χ4n) is 1.98. The molecule has 2 rings (SSSR count). The second-order valence-electron chi connectivity index (χ2n) is 4.41. The summed E-state index contributed by atoms with van der Waals surface area (Å²) in [6.07, 6.45) is 1.89. The fourth-order valence-corrected chi connectivity index (χ4v) is 2.23. The molecular formula is C13H17BrN4. The normalized spacial score (nSPS) is 10.9. The number of nitrogens with one attached hydrogen (secondary N) is 1. The van der Waals surface area contributed by atoms with Crippen molar-refractivity contribution in [3.8, 4) is 5.82 Å². The Bertz CT molecular complexity index is 575. The number of rotatable bonds is 3. The third-order valence-electron chi connectivity index (χ3n) is 2.89. The van der Waals surface area contributed by atoms with Crippen LogP contribution in [0.1, 0.15) is 22.5 Å². The van der Waals surface area contributed by atoms with E-state index in [1.807, 2.05) is 31.8 Å². The summed E-state index contributed by atoms with van der Waals surface area (Å²) in [5.41, 5.74) is 4.36. The van der Waals surface area contributed by atoms with Crippen molar-refractivity contribution in [1.29, 1.82) is 0 Å². The van der Waals surface area contributed by atoms with Crippen molar-refractivity contribution < 1.29 is 0 Å². The maximum Gasteiger partial charge on any atom is 0.156 e. The zero-order valence-corrected chi connectivity index (χ0v) is 12.7. The van der Waals surface area contributed by atoms with Crippen LogP contribution in [0.5, 0.6) is 0 Å². The van der Waals surface area contributed by atoms with Gasteiger partial charge >= 0.3 is 0 Å². The zero-order chi connectivity index (χ0) is 13.3. The van der Waals surface area contributed by atoms with Crippen LogP contribution in [0.4, 0.5) is 0 Å². The third-order valence-corrected chi connectivity index (χ3v) is 4.04. The lowest BCUT2D eigenvalue weighted by molar-refractivity contribution is 0.780. The third kappa shape index (κ3) is 2.33. The average Bonchev–Trinajstić information content (AvgIpc) is 2.58. The van der Waals surface area contributed by atoms with E-state index in [0.717, 1.165) is 33.8 Å². The Labute approximate surface area is 116 Å². The van der Waals surface area contributed by atoms with Gasteiger partial charge in [0.15, 0.2) is 5.82 Å². The van der Waals surface area contributed by atoms with E-state index in [1.54, 1.807) is 0 Å². The molecule has 2 aromatic heterocycles. The highest BCUT2D eigenvalue weighted by molar-refractivity contribution is 9.10. The maximum atomic E-state index is 4.52. The Hall–Kier alpha value is -1.20. The summed E-state index contributed by atoms with van der Waals surface area (Å²) >= 11 is 3.54. The monoisotopic (exact) mass is 308 g/mol. The number of pyridine rings is 1. The van der Waals surface area contributed by atoms with Gasteiger partial charge in [0.25, 0.3) is 0 Å². The summed E-state index contributed by atoms with van der Waals surface area (Å²) in [6, 6.07) is 2.14. The van der Waals surface area contributed by atoms with Crippen LogP contribution in [-0.2, 0) is 6.54 Å². The highest BCUT2D eigenvalue weighted by atomic mass is 79.9. The van der Waals surface area contributed by atoms with Crippen molar-refractivity contribution in [1.82, 2.24) is 20.1 Å². The molecule has 0 saturated heterocycles. The van der Waals surface area contributed by atoms with Crippen LogP contribution in [0.15, 0.2) is 16.7 Å². The Morgan fingerprint density at radius 1 is 1.33 bits per heavy atom. The molecule has 96 valence electrons. The van der Waals surface area contributed by atoms with Crippen molar-refractivity contribution in [2.45, 2.75) is 27.3 Å². The topological polar surface area (TPSA) is 42.7 Å². The minimum Gasteiger partial charge on any atom is -0.316 e. The summed E-state index contributed by atoms with van der Waals surface area (Å²) in [6.45, 7) is 6.91. The van der Waals surface area contributed by atoms with E-state index in [0.29, 0.717) is 0 Å². The first kappa shape index (κ1) is 13.2. The van der Waals surface area contributed by atoms with E-state index < -0.39 is 0 Å². The molecule has 0 spiro atoms. The van der Waals surface area contributed by atoms with Crippen LogP contribution < -0.4 is 5.32 Å². The summed E-state index contributed by atoms with van der Waals surface area (Å²) in [7, 11) is 1.93. The second kappa shape index (κ2) is 5.20. The first-order valence-corrected chi connectivity index (χ1v) is 6.66. The van der Waals surface area contributed by atoms with E-state index in [2.05, 4.69) is 44.3 Å². The van der Waals surface area contributed by atoms with E-state index in [9.17, 15) is 0 Å². The van der Waals surface area contributed by atoms with Crippen LogP contribution in [0, 0.1) is 20.8 Å². The molecule has 0 aliphatic heterocycles. The van der Waals surface area contributed by atoms with Crippen molar-refractivity contribution in [2.24, 2.45) is 0 Å². The molecule has 0 amide bonds. The van der Waals surface area contributed by atoms with Gasteiger partial charge in [-0.2, -0.15) is 5.10 Å². The lowest BCUT2D eigenvalue weighted by Gasteiger charge is -2.09. The molecule has 0 aromatic carbocycles. The molecule has 2 heterocycles. The van der Waals surface area contributed by atoms with Crippen molar-refractivity contribution in [3.63, 3.8) is 0 Å². The molecule has 0 aliphatic carbocycles. The fraction of sp³-hybridized carbons (Fsp3) is 0.385. The van der Waals surface area contributed by atoms with Gasteiger partial charge in [0, 0.05) is 12.7 Å². The largest absolute Gasteiger partial charge is 0.316 e. The van der Waals surface area contributed by atoms with Crippen molar-refractivity contribution in [2.75, 3.05) is 7.05 Å². The number of halogens is 1. The van der Waals surface area contributed by atoms with Gasteiger partial charge in [0.1, 0.15) is 0 Å². The van der Waals surface area contributed by atoms with Crippen LogP contribution >= 0.6 is 15.9 Å². The van der Waals surface area contributed by atoms with Crippen molar-refractivity contribution in [3.05, 3.63) is 39.3 Å². The van der Waals surface area contributed by atoms with Gasteiger partial charge in [-0.15, -0.1) is 0 Å². The quantitative estimate of drug-likeness (QED) is 0.948. The lowest BCUT2D eigenvalue weighted by Crippen LogP contribution is -2.09. The molecule has 2 aromatic rings. The molecule has 0 aliphatic rings. The lowest BCUT2D eigenvalue weighted by atomic mass is 10.2. The first-order chi connectivity index (χ1) is 8.54. The zero-order valence-electron chi connectivity index (χ0n) is 11.1. The molecule has 18 heavy (non-hydrogen) atoms. The van der Waals surface area contributed by atoms with Gasteiger partial charge in [-0.05, 0) is 60.9 Å². The summed E-state index contributed by atoms with van der Waals surface area (Å²) < 4.78 is 2.93. The van der Waals surface area contributed by atoms with E-state index in [4.69, 9.17) is 0 Å². The van der Waals surface area contributed by atoms with Gasteiger partial charge in [-0.25, -0.2) is 9.67 Å². The Kier molecular flexibility index (Phi) is 3.82. The van der Waals surface area contributed by atoms with Crippen LogP contribution in [-0.4, -0.2) is 21.8 Å². The first-order valence-electron chi connectivity index (χ1n) is 5.86. The molecule has 4 nitrogen and oxygen atoms in total. The maximum absolute atomic E-state index is 4.52. The SMILES string of the molecule is CNCc1cnc(-n2nc(C)c(Br)c2C)c(C)c1. The Morgan fingerprint density at radius 2 is 2.06 bits per heavy atom. The van der Waals surface area contributed by atoms with Crippen LogP contribution in [0.2, 0.25) is 0 Å². The Balaban J connectivity index is 2.48. The number of aromatic nitrogens is 3. The standard InChI is InChI=1S/C13H17BrN4/c1-8-5-11(6-15-4)7-16-13(8)18-10(3)12(14)9(2)17-18/h5,7,15H,6H2,1-4H3. The molecule has 0 fully saturated rings. The summed E-state index contributed by atoms with van der Waals surface area (Å²) in [5.74, 6) is 0.890. The molecule has 0 radical (unpaired) electrons. The van der Waals surface area contributed by atoms with Gasteiger partial charge < -0.3 is 5.32 Å². The molecular weight excluding hydrogens is 292 g/mol. The molecule has 0 atom stereocenters. The Morgan fingerprint density at radius 3 is 2.56 bits per heavy atom. The molecule has 0 unspecified atom stereocenters. The second-order valence-corrected chi connectivity index (χ2v) is 5.20. The number of hydrogen-bond acceptors (Lipinski definition) is 3. The minimum atomic E-state index is 0.828. The van der Waals surface area contributed by atoms with Gasteiger partial charge in [0.2, 0.25) is 0 Å². The van der Waals surface area contributed by atoms with Gasteiger partial charge in [0.05, 0.1) is 15.9 Å². The van der Waals surface area contributed by atoms with E-state index in [-0.39, 0.29) is 0 Å². The number of aryl methyl sites for hydroxylation is 2. The summed E-state index contributed by atoms with van der Waals surface area (Å²) in [5, 5.41) is 7.63. The smallest absolute Gasteiger partial charge is 0.156 e. The van der Waals surface area contributed by atoms with Gasteiger partial charge in [-0.1, -0.05) is 0 Å². The molecule has 1 N–H and O–H groups in total. The highest BCUT2D eigenvalue weighted by Crippen LogP contribution is 2.23. The minimum absolute atomic E-state index is 0.828. The van der Waals surface area contributed by atoms with Crippen molar-refractivity contribution >= 4 is 15.9 Å². The molecule has 0 bridgehead atoms. The molecule has 0 saturated carbocycles. The predicted octanol–water partition coefficient (Wildman–Crippen LogP) is 2.67. The average molecular weight is 309 g/mol. The van der Waals surface area contributed by atoms with E-state index >= 15 is 0 Å².